The van der Waals surface area contributed by atoms with E-state index in [2.05, 4.69) is 5.32 Å². The minimum atomic E-state index is -3.76. The van der Waals surface area contributed by atoms with Crippen molar-refractivity contribution < 1.29 is 26.4 Å². The van der Waals surface area contributed by atoms with Gasteiger partial charge in [0.1, 0.15) is 12.3 Å². The molecule has 186 valence electrons. The zero-order valence-corrected chi connectivity index (χ0v) is 21.5. The Kier molecular flexibility index (Phi) is 7.89. The van der Waals surface area contributed by atoms with Crippen LogP contribution in [0.3, 0.4) is 0 Å². The number of nitrogens with one attached hydrogen (secondary N) is 1. The van der Waals surface area contributed by atoms with Crippen molar-refractivity contribution in [1.29, 1.82) is 0 Å². The molecule has 1 fully saturated rings. The van der Waals surface area contributed by atoms with Gasteiger partial charge in [-0.15, -0.1) is 0 Å². The Hall–Kier alpha value is -2.63. The number of rotatable bonds is 8. The lowest BCUT2D eigenvalue weighted by Crippen LogP contribution is -2.37. The van der Waals surface area contributed by atoms with Crippen LogP contribution in [0.1, 0.15) is 30.4 Å². The van der Waals surface area contributed by atoms with Crippen molar-refractivity contribution in [1.82, 2.24) is 4.31 Å². The number of piperidine rings is 1. The molecule has 0 aliphatic carbocycles. The summed E-state index contributed by atoms with van der Waals surface area (Å²) in [7, 11) is -6.08. The summed E-state index contributed by atoms with van der Waals surface area (Å²) in [5.74, 6) is -0.362. The van der Waals surface area contributed by atoms with Gasteiger partial charge in [-0.2, -0.15) is 4.31 Å². The second-order valence-electron chi connectivity index (χ2n) is 8.49. The van der Waals surface area contributed by atoms with Crippen molar-refractivity contribution in [2.75, 3.05) is 42.6 Å². The van der Waals surface area contributed by atoms with E-state index in [1.807, 2.05) is 19.9 Å². The SMILES string of the molecule is COc1ccc(S(=O)(=O)N2CCCCC2)cc1NC(=O)CN(c1cc(C)cc(C)c1)S(C)(=O)=O. The topological polar surface area (TPSA) is 113 Å². The molecule has 2 aromatic carbocycles. The van der Waals surface area contributed by atoms with Crippen LogP contribution >= 0.6 is 0 Å². The molecule has 0 spiro atoms. The summed E-state index contributed by atoms with van der Waals surface area (Å²) in [6.45, 7) is 4.12. The first-order valence-electron chi connectivity index (χ1n) is 11.0. The van der Waals surface area contributed by atoms with Crippen molar-refractivity contribution in [2.24, 2.45) is 0 Å². The normalized spacial score (nSPS) is 15.1. The van der Waals surface area contributed by atoms with Crippen molar-refractivity contribution in [3.63, 3.8) is 0 Å². The number of hydrogen-bond donors (Lipinski definition) is 1. The molecule has 1 aliphatic heterocycles. The number of ether oxygens (including phenoxy) is 1. The monoisotopic (exact) mass is 509 g/mol. The highest BCUT2D eigenvalue weighted by molar-refractivity contribution is 7.92. The summed E-state index contributed by atoms with van der Waals surface area (Å²) < 4.78 is 58.8. The van der Waals surface area contributed by atoms with Crippen LogP contribution in [0.25, 0.3) is 0 Å². The average molecular weight is 510 g/mol. The Morgan fingerprint density at radius 3 is 2.18 bits per heavy atom. The van der Waals surface area contributed by atoms with Gasteiger partial charge in [0.05, 0.1) is 29.6 Å². The van der Waals surface area contributed by atoms with E-state index in [0.29, 0.717) is 18.8 Å². The average Bonchev–Trinajstić information content (AvgIpc) is 2.76. The zero-order chi connectivity index (χ0) is 25.1. The number of nitrogens with zero attached hydrogens (tertiary/aromatic N) is 2. The van der Waals surface area contributed by atoms with Crippen LogP contribution in [-0.4, -0.2) is 60.0 Å². The molecule has 0 radical (unpaired) electrons. The molecule has 0 bridgehead atoms. The van der Waals surface area contributed by atoms with Crippen molar-refractivity contribution in [3.05, 3.63) is 47.5 Å². The highest BCUT2D eigenvalue weighted by atomic mass is 32.2. The summed E-state index contributed by atoms with van der Waals surface area (Å²) in [6, 6.07) is 9.55. The number of benzene rings is 2. The largest absolute Gasteiger partial charge is 0.495 e. The molecule has 34 heavy (non-hydrogen) atoms. The number of methoxy groups -OCH3 is 1. The van der Waals surface area contributed by atoms with E-state index in [0.717, 1.165) is 41.0 Å². The van der Waals surface area contributed by atoms with E-state index in [1.165, 1.54) is 29.6 Å². The number of amides is 1. The third kappa shape index (κ3) is 6.08. The Morgan fingerprint density at radius 2 is 1.62 bits per heavy atom. The first-order valence-corrected chi connectivity index (χ1v) is 14.2. The molecule has 2 aromatic rings. The standard InChI is InChI=1S/C23H31N3O6S2/c1-17-12-18(2)14-19(13-17)26(33(4,28)29)16-23(27)24-21-15-20(8-9-22(21)32-3)34(30,31)25-10-6-5-7-11-25/h8-9,12-15H,5-7,10-11,16H2,1-4H3,(H,24,27). The van der Waals surface area contributed by atoms with E-state index in [9.17, 15) is 21.6 Å². The smallest absolute Gasteiger partial charge is 0.245 e. The number of aryl methyl sites for hydroxylation is 2. The molecule has 0 aromatic heterocycles. The van der Waals surface area contributed by atoms with Gasteiger partial charge < -0.3 is 10.1 Å². The fraction of sp³-hybridized carbons (Fsp3) is 0.435. The third-order valence-electron chi connectivity index (χ3n) is 5.58. The quantitative estimate of drug-likeness (QED) is 0.586. The number of anilines is 2. The van der Waals surface area contributed by atoms with Gasteiger partial charge in [0.25, 0.3) is 0 Å². The molecule has 0 saturated carbocycles. The molecular formula is C23H31N3O6S2. The Morgan fingerprint density at radius 1 is 1.00 bits per heavy atom. The van der Waals surface area contributed by atoms with Crippen LogP contribution in [0.5, 0.6) is 5.75 Å². The molecule has 0 unspecified atom stereocenters. The van der Waals surface area contributed by atoms with E-state index in [1.54, 1.807) is 12.1 Å². The van der Waals surface area contributed by atoms with Gasteiger partial charge in [0.15, 0.2) is 0 Å². The Labute approximate surface area is 201 Å². The van der Waals surface area contributed by atoms with Crippen LogP contribution in [-0.2, 0) is 24.8 Å². The second-order valence-corrected chi connectivity index (χ2v) is 12.3. The molecule has 0 atom stereocenters. The van der Waals surface area contributed by atoms with Gasteiger partial charge in [0, 0.05) is 13.1 Å². The number of sulfonamides is 2. The van der Waals surface area contributed by atoms with Crippen LogP contribution in [0.2, 0.25) is 0 Å². The Balaban J connectivity index is 1.88. The van der Waals surface area contributed by atoms with Gasteiger partial charge in [-0.25, -0.2) is 16.8 Å². The molecule has 1 aliphatic rings. The van der Waals surface area contributed by atoms with E-state index in [4.69, 9.17) is 4.74 Å². The molecule has 1 heterocycles. The van der Waals surface area contributed by atoms with E-state index < -0.39 is 32.5 Å². The predicted molar refractivity (Wildman–Crippen MR) is 132 cm³/mol. The number of carbonyl (C=O) groups is 1. The fourth-order valence-electron chi connectivity index (χ4n) is 4.01. The number of hydrogen-bond acceptors (Lipinski definition) is 6. The molecular weight excluding hydrogens is 478 g/mol. The van der Waals surface area contributed by atoms with Gasteiger partial charge >= 0.3 is 0 Å². The Bertz CT molecular complexity index is 1250. The molecule has 1 N–H and O–H groups in total. The second kappa shape index (κ2) is 10.3. The van der Waals surface area contributed by atoms with Crippen LogP contribution in [0.15, 0.2) is 41.3 Å². The maximum absolute atomic E-state index is 13.1. The minimum absolute atomic E-state index is 0.0415. The minimum Gasteiger partial charge on any atom is -0.495 e. The van der Waals surface area contributed by atoms with Crippen molar-refractivity contribution >= 4 is 37.3 Å². The summed E-state index contributed by atoms with van der Waals surface area (Å²) in [5, 5.41) is 2.63. The molecule has 1 amide bonds. The first-order chi connectivity index (χ1) is 15.9. The summed E-state index contributed by atoms with van der Waals surface area (Å²) >= 11 is 0. The van der Waals surface area contributed by atoms with Crippen LogP contribution in [0.4, 0.5) is 11.4 Å². The number of carbonyl (C=O) groups excluding carboxylic acids is 1. The lowest BCUT2D eigenvalue weighted by atomic mass is 10.1. The van der Waals surface area contributed by atoms with Gasteiger partial charge in [-0.3, -0.25) is 9.10 Å². The van der Waals surface area contributed by atoms with E-state index in [-0.39, 0.29) is 16.3 Å². The van der Waals surface area contributed by atoms with Gasteiger partial charge in [-0.1, -0.05) is 12.5 Å². The lowest BCUT2D eigenvalue weighted by Gasteiger charge is -2.26. The molecule has 1 saturated heterocycles. The van der Waals surface area contributed by atoms with E-state index >= 15 is 0 Å². The predicted octanol–water partition coefficient (Wildman–Crippen LogP) is 2.89. The lowest BCUT2D eigenvalue weighted by molar-refractivity contribution is -0.114. The maximum Gasteiger partial charge on any atom is 0.245 e. The van der Waals surface area contributed by atoms with Crippen LogP contribution in [0, 0.1) is 13.8 Å². The van der Waals surface area contributed by atoms with Gasteiger partial charge in [0.2, 0.25) is 26.0 Å². The zero-order valence-electron chi connectivity index (χ0n) is 19.9. The van der Waals surface area contributed by atoms with Crippen LogP contribution < -0.4 is 14.4 Å². The fourth-order valence-corrected chi connectivity index (χ4v) is 6.40. The van der Waals surface area contributed by atoms with Gasteiger partial charge in [-0.05, 0) is 68.1 Å². The third-order valence-corrected chi connectivity index (χ3v) is 8.62. The highest BCUT2D eigenvalue weighted by Crippen LogP contribution is 2.30. The highest BCUT2D eigenvalue weighted by Gasteiger charge is 2.27. The molecule has 11 heteroatoms. The molecule has 3 rings (SSSR count). The summed E-state index contributed by atoms with van der Waals surface area (Å²) in [5.41, 5.74) is 2.26. The summed E-state index contributed by atoms with van der Waals surface area (Å²) in [4.78, 5) is 13.0. The van der Waals surface area contributed by atoms with Crippen molar-refractivity contribution in [2.45, 2.75) is 38.0 Å². The molecule has 9 nitrogen and oxygen atoms in total. The van der Waals surface area contributed by atoms with Crippen molar-refractivity contribution in [3.8, 4) is 5.75 Å². The first kappa shape index (κ1) is 26.0. The maximum atomic E-state index is 13.1. The summed E-state index contributed by atoms with van der Waals surface area (Å²) in [6.07, 6.45) is 3.63.